The van der Waals surface area contributed by atoms with Gasteiger partial charge in [0.05, 0.1) is 0 Å². The molecule has 7 nitrogen and oxygen atoms in total. The SMILES string of the molecule is O=C(O)CCC(C(=O)O)C(=O)C(=O)O. The van der Waals surface area contributed by atoms with Gasteiger partial charge in [0.1, 0.15) is 5.92 Å². The molecular formula is C7H8O7. The molecule has 14 heavy (non-hydrogen) atoms. The maximum atomic E-state index is 10.7. The molecule has 0 saturated carbocycles. The molecule has 0 saturated heterocycles. The highest BCUT2D eigenvalue weighted by molar-refractivity contribution is 6.37. The average molecular weight is 204 g/mol. The number of carboxylic acid groups (broad SMARTS) is 3. The number of rotatable bonds is 6. The first-order chi connectivity index (χ1) is 6.36. The molecule has 3 N–H and O–H groups in total. The van der Waals surface area contributed by atoms with E-state index < -0.39 is 42.5 Å². The van der Waals surface area contributed by atoms with Crippen molar-refractivity contribution in [3.63, 3.8) is 0 Å². The number of hydrogen-bond donors (Lipinski definition) is 3. The van der Waals surface area contributed by atoms with Crippen molar-refractivity contribution >= 4 is 23.7 Å². The number of aliphatic carboxylic acids is 3. The van der Waals surface area contributed by atoms with Crippen molar-refractivity contribution in [1.82, 2.24) is 0 Å². The van der Waals surface area contributed by atoms with Gasteiger partial charge in [-0.15, -0.1) is 0 Å². The third-order valence-electron chi connectivity index (χ3n) is 1.47. The lowest BCUT2D eigenvalue weighted by Gasteiger charge is -2.05. The molecule has 78 valence electrons. The highest BCUT2D eigenvalue weighted by Gasteiger charge is 2.31. The largest absolute Gasteiger partial charge is 0.481 e. The van der Waals surface area contributed by atoms with Gasteiger partial charge in [0.25, 0.3) is 5.78 Å². The predicted octanol–water partition coefficient (Wildman–Crippen LogP) is -0.794. The van der Waals surface area contributed by atoms with Gasteiger partial charge >= 0.3 is 17.9 Å². The van der Waals surface area contributed by atoms with Crippen molar-refractivity contribution in [3.8, 4) is 0 Å². The van der Waals surface area contributed by atoms with Crippen LogP contribution < -0.4 is 0 Å². The average Bonchev–Trinajstić information content (AvgIpc) is 2.02. The van der Waals surface area contributed by atoms with Gasteiger partial charge in [-0.1, -0.05) is 0 Å². The van der Waals surface area contributed by atoms with Gasteiger partial charge in [-0.2, -0.15) is 0 Å². The van der Waals surface area contributed by atoms with Crippen molar-refractivity contribution in [2.45, 2.75) is 12.8 Å². The second kappa shape index (κ2) is 4.95. The summed E-state index contributed by atoms with van der Waals surface area (Å²) in [6.45, 7) is 0. The van der Waals surface area contributed by atoms with Crippen molar-refractivity contribution in [2.24, 2.45) is 5.92 Å². The minimum absolute atomic E-state index is 0.518. The Morgan fingerprint density at radius 1 is 1.00 bits per heavy atom. The van der Waals surface area contributed by atoms with E-state index in [1.165, 1.54) is 0 Å². The van der Waals surface area contributed by atoms with Crippen LogP contribution in [0, 0.1) is 5.92 Å². The van der Waals surface area contributed by atoms with E-state index in [4.69, 9.17) is 15.3 Å². The fraction of sp³-hybridized carbons (Fsp3) is 0.429. The Hall–Kier alpha value is -1.92. The quantitative estimate of drug-likeness (QED) is 0.381. The van der Waals surface area contributed by atoms with Crippen LogP contribution in [0.25, 0.3) is 0 Å². The van der Waals surface area contributed by atoms with Crippen LogP contribution in [-0.4, -0.2) is 39.0 Å². The Balaban J connectivity index is 4.45. The summed E-state index contributed by atoms with van der Waals surface area (Å²) in [6.07, 6.45) is -1.08. The number of hydrogen-bond acceptors (Lipinski definition) is 4. The second-order valence-electron chi connectivity index (χ2n) is 2.49. The van der Waals surface area contributed by atoms with E-state index in [0.717, 1.165) is 0 Å². The summed E-state index contributed by atoms with van der Waals surface area (Å²) in [7, 11) is 0. The fourth-order valence-corrected chi connectivity index (χ4v) is 0.784. The smallest absolute Gasteiger partial charge is 0.373 e. The van der Waals surface area contributed by atoms with Gasteiger partial charge < -0.3 is 15.3 Å². The fourth-order valence-electron chi connectivity index (χ4n) is 0.784. The monoisotopic (exact) mass is 204 g/mol. The van der Waals surface area contributed by atoms with Gasteiger partial charge in [0.2, 0.25) is 0 Å². The summed E-state index contributed by atoms with van der Waals surface area (Å²) >= 11 is 0. The molecule has 0 aromatic carbocycles. The highest BCUT2D eigenvalue weighted by atomic mass is 16.4. The van der Waals surface area contributed by atoms with E-state index in [9.17, 15) is 19.2 Å². The zero-order chi connectivity index (χ0) is 11.3. The summed E-state index contributed by atoms with van der Waals surface area (Å²) in [5.41, 5.74) is 0. The van der Waals surface area contributed by atoms with Crippen LogP contribution in [0.1, 0.15) is 12.8 Å². The molecule has 0 fully saturated rings. The molecular weight excluding hydrogens is 196 g/mol. The summed E-state index contributed by atoms with van der Waals surface area (Å²) in [6, 6.07) is 0. The molecule has 0 radical (unpaired) electrons. The lowest BCUT2D eigenvalue weighted by Crippen LogP contribution is -2.30. The molecule has 1 atom stereocenters. The normalized spacial score (nSPS) is 11.7. The second-order valence-corrected chi connectivity index (χ2v) is 2.49. The number of carboxylic acids is 3. The predicted molar refractivity (Wildman–Crippen MR) is 40.6 cm³/mol. The van der Waals surface area contributed by atoms with Gasteiger partial charge in [-0.3, -0.25) is 14.4 Å². The lowest BCUT2D eigenvalue weighted by molar-refractivity contribution is -0.157. The Morgan fingerprint density at radius 3 is 1.79 bits per heavy atom. The summed E-state index contributed by atoms with van der Waals surface area (Å²) < 4.78 is 0. The van der Waals surface area contributed by atoms with Crippen LogP contribution in [0.5, 0.6) is 0 Å². The van der Waals surface area contributed by atoms with E-state index >= 15 is 0 Å². The van der Waals surface area contributed by atoms with Crippen LogP contribution >= 0.6 is 0 Å². The minimum Gasteiger partial charge on any atom is -0.481 e. The molecule has 0 aliphatic rings. The zero-order valence-electron chi connectivity index (χ0n) is 6.97. The van der Waals surface area contributed by atoms with E-state index in [-0.39, 0.29) is 0 Å². The van der Waals surface area contributed by atoms with Gasteiger partial charge in [-0.25, -0.2) is 4.79 Å². The van der Waals surface area contributed by atoms with E-state index in [2.05, 4.69) is 0 Å². The zero-order valence-corrected chi connectivity index (χ0v) is 6.97. The third kappa shape index (κ3) is 3.65. The minimum atomic E-state index is -1.87. The molecule has 0 bridgehead atoms. The lowest BCUT2D eigenvalue weighted by atomic mass is 9.98. The molecule has 0 spiro atoms. The van der Waals surface area contributed by atoms with Crippen LogP contribution in [0.4, 0.5) is 0 Å². The maximum absolute atomic E-state index is 10.7. The van der Waals surface area contributed by atoms with E-state index in [1.54, 1.807) is 0 Å². The van der Waals surface area contributed by atoms with Crippen molar-refractivity contribution in [3.05, 3.63) is 0 Å². The first-order valence-corrected chi connectivity index (χ1v) is 3.58. The van der Waals surface area contributed by atoms with E-state index in [1.807, 2.05) is 0 Å². The molecule has 0 amide bonds. The Labute approximate surface area is 78.0 Å². The molecule has 0 aromatic heterocycles. The van der Waals surface area contributed by atoms with E-state index in [0.29, 0.717) is 0 Å². The molecule has 0 aliphatic carbocycles. The Bertz CT molecular complexity index is 280. The molecule has 0 heterocycles. The standard InChI is InChI=1S/C7H8O7/c8-4(9)2-1-3(6(11)12)5(10)7(13)14/h3H,1-2H2,(H,8,9)(H,11,12)(H,13,14). The Kier molecular flexibility index (Phi) is 4.27. The van der Waals surface area contributed by atoms with Crippen molar-refractivity contribution in [2.75, 3.05) is 0 Å². The summed E-state index contributed by atoms with van der Waals surface area (Å²) in [5, 5.41) is 24.8. The van der Waals surface area contributed by atoms with Crippen molar-refractivity contribution < 1.29 is 34.5 Å². The number of ketones is 1. The molecule has 7 heteroatoms. The summed E-state index contributed by atoms with van der Waals surface area (Å²) in [5.74, 6) is -8.07. The van der Waals surface area contributed by atoms with Crippen LogP contribution in [0.3, 0.4) is 0 Å². The number of carbonyl (C=O) groups excluding carboxylic acids is 1. The van der Waals surface area contributed by atoms with Crippen LogP contribution in [-0.2, 0) is 19.2 Å². The van der Waals surface area contributed by atoms with Crippen LogP contribution in [0.15, 0.2) is 0 Å². The van der Waals surface area contributed by atoms with Crippen molar-refractivity contribution in [1.29, 1.82) is 0 Å². The van der Waals surface area contributed by atoms with Gasteiger partial charge in [-0.05, 0) is 6.42 Å². The van der Waals surface area contributed by atoms with Gasteiger partial charge in [0, 0.05) is 6.42 Å². The summed E-state index contributed by atoms with van der Waals surface area (Å²) in [4.78, 5) is 41.3. The van der Waals surface area contributed by atoms with Gasteiger partial charge in [0.15, 0.2) is 0 Å². The first-order valence-electron chi connectivity index (χ1n) is 3.58. The molecule has 1 unspecified atom stereocenters. The van der Waals surface area contributed by atoms with Crippen LogP contribution in [0.2, 0.25) is 0 Å². The first kappa shape index (κ1) is 12.1. The Morgan fingerprint density at radius 2 is 1.50 bits per heavy atom. The third-order valence-corrected chi connectivity index (χ3v) is 1.47. The number of Topliss-reactive ketones (excluding diaryl/α,β-unsaturated/α-hetero) is 1. The molecule has 0 aliphatic heterocycles. The molecule has 0 rings (SSSR count). The highest BCUT2D eigenvalue weighted by Crippen LogP contribution is 2.08. The molecule has 0 aromatic rings. The topological polar surface area (TPSA) is 129 Å². The number of carbonyl (C=O) groups is 4. The maximum Gasteiger partial charge on any atom is 0.373 e.